The first-order valence-electron chi connectivity index (χ1n) is 9.62. The van der Waals surface area contributed by atoms with Crippen LogP contribution < -0.4 is 0 Å². The highest BCUT2D eigenvalue weighted by Crippen LogP contribution is 2.28. The summed E-state index contributed by atoms with van der Waals surface area (Å²) in [4.78, 5) is 34.0. The van der Waals surface area contributed by atoms with Gasteiger partial charge in [-0.1, -0.05) is 13.8 Å². The highest BCUT2D eigenvalue weighted by atomic mass is 16.2. The number of likely N-dealkylation sites (tertiary alicyclic amines) is 1. The van der Waals surface area contributed by atoms with Crippen molar-refractivity contribution in [1.82, 2.24) is 24.6 Å². The maximum absolute atomic E-state index is 13.4. The fourth-order valence-electron chi connectivity index (χ4n) is 3.61. The summed E-state index contributed by atoms with van der Waals surface area (Å²) in [6, 6.07) is 1.63. The standard InChI is InChI=1S/C20H29N5O2/c1-12(2)16-10-14(15-11-21-25(13(3)4)18(15)22-16)19(26)24-9-7-8-17(24)20(27)23(5)6/h10-13,17H,7-9H2,1-6H3. The maximum atomic E-state index is 13.4. The molecule has 1 saturated heterocycles. The fourth-order valence-corrected chi connectivity index (χ4v) is 3.61. The number of hydrogen-bond acceptors (Lipinski definition) is 4. The first kappa shape index (κ1) is 19.3. The third kappa shape index (κ3) is 3.42. The van der Waals surface area contributed by atoms with Crippen LogP contribution in [0.5, 0.6) is 0 Å². The summed E-state index contributed by atoms with van der Waals surface area (Å²) in [7, 11) is 3.47. The van der Waals surface area contributed by atoms with E-state index in [-0.39, 0.29) is 23.8 Å². The Morgan fingerprint density at radius 1 is 1.22 bits per heavy atom. The Labute approximate surface area is 160 Å². The number of likely N-dealkylation sites (N-methyl/N-ethyl adjacent to an activating group) is 1. The Balaban J connectivity index is 2.09. The van der Waals surface area contributed by atoms with E-state index in [0.717, 1.165) is 23.1 Å². The Bertz CT molecular complexity index is 869. The molecular weight excluding hydrogens is 342 g/mol. The van der Waals surface area contributed by atoms with Crippen molar-refractivity contribution in [2.45, 2.75) is 58.5 Å². The smallest absolute Gasteiger partial charge is 0.255 e. The van der Waals surface area contributed by atoms with Crippen LogP contribution in [-0.2, 0) is 4.79 Å². The topological polar surface area (TPSA) is 71.3 Å². The molecule has 2 amide bonds. The number of fused-ring (bicyclic) bond motifs is 1. The molecule has 3 rings (SSSR count). The molecule has 0 spiro atoms. The van der Waals surface area contributed by atoms with Crippen LogP contribution in [0.15, 0.2) is 12.3 Å². The predicted molar refractivity (Wildman–Crippen MR) is 105 cm³/mol. The second-order valence-electron chi connectivity index (χ2n) is 8.06. The molecule has 0 bridgehead atoms. The molecule has 7 heteroatoms. The average Bonchev–Trinajstić information content (AvgIpc) is 3.26. The molecule has 7 nitrogen and oxygen atoms in total. The number of pyridine rings is 1. The van der Waals surface area contributed by atoms with Crippen LogP contribution >= 0.6 is 0 Å². The van der Waals surface area contributed by atoms with E-state index in [1.54, 1.807) is 30.1 Å². The summed E-state index contributed by atoms with van der Waals surface area (Å²) < 4.78 is 1.85. The van der Waals surface area contributed by atoms with Gasteiger partial charge in [0.05, 0.1) is 17.1 Å². The van der Waals surface area contributed by atoms with Gasteiger partial charge in [-0.2, -0.15) is 5.10 Å². The molecule has 1 aliphatic heterocycles. The van der Waals surface area contributed by atoms with Crippen molar-refractivity contribution in [3.63, 3.8) is 0 Å². The number of nitrogens with zero attached hydrogens (tertiary/aromatic N) is 5. The molecule has 3 heterocycles. The Hall–Kier alpha value is -2.44. The minimum absolute atomic E-state index is 0.0203. The Kier molecular flexibility index (Phi) is 5.22. The summed E-state index contributed by atoms with van der Waals surface area (Å²) in [5.74, 6) is 0.0626. The van der Waals surface area contributed by atoms with Gasteiger partial charge in [-0.05, 0) is 38.7 Å². The zero-order chi connectivity index (χ0) is 19.9. The summed E-state index contributed by atoms with van der Waals surface area (Å²) >= 11 is 0. The summed E-state index contributed by atoms with van der Waals surface area (Å²) in [5, 5.41) is 5.21. The minimum Gasteiger partial charge on any atom is -0.347 e. The van der Waals surface area contributed by atoms with Crippen LogP contribution in [0.2, 0.25) is 0 Å². The van der Waals surface area contributed by atoms with E-state index >= 15 is 0 Å². The average molecular weight is 371 g/mol. The van der Waals surface area contributed by atoms with Gasteiger partial charge in [0.15, 0.2) is 5.65 Å². The SMILES string of the molecule is CC(C)c1cc(C(=O)N2CCCC2C(=O)N(C)C)c2cnn(C(C)C)c2n1. The number of carbonyl (C=O) groups is 2. The van der Waals surface area contributed by atoms with Crippen LogP contribution in [0.3, 0.4) is 0 Å². The van der Waals surface area contributed by atoms with E-state index in [0.29, 0.717) is 18.5 Å². The molecule has 1 fully saturated rings. The molecule has 0 aliphatic carbocycles. The van der Waals surface area contributed by atoms with Gasteiger partial charge >= 0.3 is 0 Å². The highest BCUT2D eigenvalue weighted by molar-refractivity contribution is 6.07. The molecule has 1 aliphatic rings. The van der Waals surface area contributed by atoms with Crippen molar-refractivity contribution in [2.75, 3.05) is 20.6 Å². The number of rotatable bonds is 4. The van der Waals surface area contributed by atoms with Crippen molar-refractivity contribution in [3.8, 4) is 0 Å². The van der Waals surface area contributed by atoms with Gasteiger partial charge in [-0.25, -0.2) is 9.67 Å². The van der Waals surface area contributed by atoms with Gasteiger partial charge in [-0.15, -0.1) is 0 Å². The molecule has 1 unspecified atom stereocenters. The lowest BCUT2D eigenvalue weighted by Crippen LogP contribution is -2.45. The van der Waals surface area contributed by atoms with E-state index in [4.69, 9.17) is 4.98 Å². The molecule has 0 saturated carbocycles. The van der Waals surface area contributed by atoms with E-state index < -0.39 is 6.04 Å². The van der Waals surface area contributed by atoms with E-state index in [1.165, 1.54) is 0 Å². The van der Waals surface area contributed by atoms with Gasteiger partial charge in [0, 0.05) is 32.4 Å². The van der Waals surface area contributed by atoms with Gasteiger partial charge in [0.1, 0.15) is 6.04 Å². The fraction of sp³-hybridized carbons (Fsp3) is 0.600. The molecule has 0 aromatic carbocycles. The van der Waals surface area contributed by atoms with Crippen molar-refractivity contribution in [1.29, 1.82) is 0 Å². The van der Waals surface area contributed by atoms with Gasteiger partial charge in [0.2, 0.25) is 5.91 Å². The van der Waals surface area contributed by atoms with Crippen LogP contribution in [0, 0.1) is 0 Å². The van der Waals surface area contributed by atoms with E-state index in [9.17, 15) is 9.59 Å². The van der Waals surface area contributed by atoms with Crippen LogP contribution in [0.25, 0.3) is 11.0 Å². The largest absolute Gasteiger partial charge is 0.347 e. The van der Waals surface area contributed by atoms with Crippen LogP contribution in [-0.4, -0.2) is 63.1 Å². The normalized spacial score (nSPS) is 17.3. The lowest BCUT2D eigenvalue weighted by atomic mass is 10.0. The quantitative estimate of drug-likeness (QED) is 0.828. The second-order valence-corrected chi connectivity index (χ2v) is 8.06. The molecule has 2 aromatic rings. The predicted octanol–water partition coefficient (Wildman–Crippen LogP) is 2.83. The highest BCUT2D eigenvalue weighted by Gasteiger charge is 2.36. The number of carbonyl (C=O) groups excluding carboxylic acids is 2. The zero-order valence-electron chi connectivity index (χ0n) is 17.1. The number of aromatic nitrogens is 3. The number of hydrogen-bond donors (Lipinski definition) is 0. The van der Waals surface area contributed by atoms with Gasteiger partial charge < -0.3 is 9.80 Å². The second kappa shape index (κ2) is 7.29. The zero-order valence-corrected chi connectivity index (χ0v) is 17.1. The minimum atomic E-state index is -0.390. The lowest BCUT2D eigenvalue weighted by molar-refractivity contribution is -0.132. The van der Waals surface area contributed by atoms with Crippen LogP contribution in [0.1, 0.15) is 68.5 Å². The van der Waals surface area contributed by atoms with Crippen molar-refractivity contribution >= 4 is 22.8 Å². The summed E-state index contributed by atoms with van der Waals surface area (Å²) in [5.41, 5.74) is 2.19. The monoisotopic (exact) mass is 371 g/mol. The molecule has 2 aromatic heterocycles. The lowest BCUT2D eigenvalue weighted by Gasteiger charge is -2.26. The first-order valence-corrected chi connectivity index (χ1v) is 9.62. The van der Waals surface area contributed by atoms with Gasteiger partial charge in [0.25, 0.3) is 5.91 Å². The molecular formula is C20H29N5O2. The summed E-state index contributed by atoms with van der Waals surface area (Å²) in [6.07, 6.45) is 3.27. The maximum Gasteiger partial charge on any atom is 0.255 e. The van der Waals surface area contributed by atoms with Crippen LogP contribution in [0.4, 0.5) is 0 Å². The van der Waals surface area contributed by atoms with E-state index in [2.05, 4.69) is 18.9 Å². The van der Waals surface area contributed by atoms with Crippen molar-refractivity contribution in [2.24, 2.45) is 0 Å². The molecule has 0 N–H and O–H groups in total. The molecule has 27 heavy (non-hydrogen) atoms. The first-order chi connectivity index (χ1) is 12.7. The van der Waals surface area contributed by atoms with E-state index in [1.807, 2.05) is 24.6 Å². The van der Waals surface area contributed by atoms with Crippen molar-refractivity contribution in [3.05, 3.63) is 23.5 Å². The number of amides is 2. The third-order valence-electron chi connectivity index (χ3n) is 5.14. The molecule has 1 atom stereocenters. The summed E-state index contributed by atoms with van der Waals surface area (Å²) in [6.45, 7) is 8.81. The Morgan fingerprint density at radius 2 is 1.93 bits per heavy atom. The Morgan fingerprint density at radius 3 is 2.52 bits per heavy atom. The molecule has 0 radical (unpaired) electrons. The van der Waals surface area contributed by atoms with Crippen molar-refractivity contribution < 1.29 is 9.59 Å². The molecule has 146 valence electrons. The van der Waals surface area contributed by atoms with Gasteiger partial charge in [-0.3, -0.25) is 9.59 Å². The third-order valence-corrected chi connectivity index (χ3v) is 5.14.